The van der Waals surface area contributed by atoms with Crippen LogP contribution in [0.1, 0.15) is 23.7 Å². The van der Waals surface area contributed by atoms with E-state index in [0.717, 1.165) is 6.42 Å². The fourth-order valence-corrected chi connectivity index (χ4v) is 1.29. The van der Waals surface area contributed by atoms with Crippen molar-refractivity contribution >= 4 is 5.91 Å². The van der Waals surface area contributed by atoms with E-state index in [1.807, 2.05) is 6.92 Å². The Labute approximate surface area is 94.3 Å². The monoisotopic (exact) mass is 223 g/mol. The number of nitrogens with two attached hydrogens (primary N) is 1. The normalized spacial score (nSPS) is 12.2. The zero-order valence-electron chi connectivity index (χ0n) is 9.56. The Hall–Kier alpha value is -1.62. The Balaban J connectivity index is 2.81. The molecule has 1 amide bonds. The number of hydrogen-bond acceptors (Lipinski definition) is 3. The van der Waals surface area contributed by atoms with Gasteiger partial charge in [-0.15, -0.1) is 0 Å². The smallest absolute Gasteiger partial charge is 0.251 e. The second-order valence-corrected chi connectivity index (χ2v) is 3.68. The van der Waals surface area contributed by atoms with Gasteiger partial charge in [0.05, 0.1) is 0 Å². The van der Waals surface area contributed by atoms with Gasteiger partial charge in [-0.05, 0) is 12.5 Å². The van der Waals surface area contributed by atoms with Gasteiger partial charge in [-0.3, -0.25) is 9.59 Å². The molecule has 0 radical (unpaired) electrons. The molecule has 0 aliphatic heterocycles. The SMILES string of the molecule is CCC(CN)NC(=O)c1ccn(C)c(=O)c1. The van der Waals surface area contributed by atoms with E-state index in [2.05, 4.69) is 5.32 Å². The van der Waals surface area contributed by atoms with Crippen LogP contribution >= 0.6 is 0 Å². The van der Waals surface area contributed by atoms with E-state index in [9.17, 15) is 9.59 Å². The Morgan fingerprint density at radius 3 is 2.81 bits per heavy atom. The molecule has 5 nitrogen and oxygen atoms in total. The van der Waals surface area contributed by atoms with Gasteiger partial charge in [0.2, 0.25) is 0 Å². The van der Waals surface area contributed by atoms with Gasteiger partial charge in [0, 0.05) is 37.5 Å². The third kappa shape index (κ3) is 2.93. The second kappa shape index (κ2) is 5.46. The molecule has 0 aliphatic carbocycles. The molecule has 1 aromatic rings. The van der Waals surface area contributed by atoms with E-state index >= 15 is 0 Å². The van der Waals surface area contributed by atoms with Gasteiger partial charge >= 0.3 is 0 Å². The summed E-state index contributed by atoms with van der Waals surface area (Å²) in [5.41, 5.74) is 5.65. The van der Waals surface area contributed by atoms with Crippen molar-refractivity contribution < 1.29 is 4.79 Å². The van der Waals surface area contributed by atoms with Crippen molar-refractivity contribution in [2.24, 2.45) is 12.8 Å². The topological polar surface area (TPSA) is 77.1 Å². The number of carbonyl (C=O) groups is 1. The summed E-state index contributed by atoms with van der Waals surface area (Å²) in [5, 5.41) is 2.77. The largest absolute Gasteiger partial charge is 0.348 e. The number of carbonyl (C=O) groups excluding carboxylic acids is 1. The molecule has 1 rings (SSSR count). The first-order chi connectivity index (χ1) is 7.58. The lowest BCUT2D eigenvalue weighted by Crippen LogP contribution is -2.40. The van der Waals surface area contributed by atoms with Crippen LogP contribution in [0.25, 0.3) is 0 Å². The Morgan fingerprint density at radius 2 is 2.31 bits per heavy atom. The van der Waals surface area contributed by atoms with Crippen LogP contribution in [0.2, 0.25) is 0 Å². The number of rotatable bonds is 4. The van der Waals surface area contributed by atoms with Crippen LogP contribution in [0.3, 0.4) is 0 Å². The molecular formula is C11H17N3O2. The zero-order valence-corrected chi connectivity index (χ0v) is 9.56. The minimum absolute atomic E-state index is 0.0449. The van der Waals surface area contributed by atoms with Crippen LogP contribution in [-0.2, 0) is 7.05 Å². The lowest BCUT2D eigenvalue weighted by molar-refractivity contribution is 0.0937. The molecule has 3 N–H and O–H groups in total. The second-order valence-electron chi connectivity index (χ2n) is 3.68. The van der Waals surface area contributed by atoms with Gasteiger partial charge in [-0.2, -0.15) is 0 Å². The predicted molar refractivity (Wildman–Crippen MR) is 62.3 cm³/mol. The van der Waals surface area contributed by atoms with E-state index in [1.54, 1.807) is 19.3 Å². The van der Waals surface area contributed by atoms with Crippen molar-refractivity contribution in [3.05, 3.63) is 34.2 Å². The van der Waals surface area contributed by atoms with Crippen LogP contribution in [0.5, 0.6) is 0 Å². The summed E-state index contributed by atoms with van der Waals surface area (Å²) < 4.78 is 1.41. The summed E-state index contributed by atoms with van der Waals surface area (Å²) in [7, 11) is 1.64. The number of nitrogens with zero attached hydrogens (tertiary/aromatic N) is 1. The molecule has 16 heavy (non-hydrogen) atoms. The molecule has 0 spiro atoms. The van der Waals surface area contributed by atoms with Crippen molar-refractivity contribution in [2.75, 3.05) is 6.54 Å². The van der Waals surface area contributed by atoms with Gasteiger partial charge in [-0.25, -0.2) is 0 Å². The summed E-state index contributed by atoms with van der Waals surface area (Å²) >= 11 is 0. The maximum Gasteiger partial charge on any atom is 0.251 e. The summed E-state index contributed by atoms with van der Waals surface area (Å²) in [6, 6.07) is 2.88. The Kier molecular flexibility index (Phi) is 4.25. The van der Waals surface area contributed by atoms with E-state index in [-0.39, 0.29) is 17.5 Å². The van der Waals surface area contributed by atoms with Crippen LogP contribution in [0.15, 0.2) is 23.1 Å². The molecule has 0 saturated heterocycles. The highest BCUT2D eigenvalue weighted by Gasteiger charge is 2.11. The summed E-state index contributed by atoms with van der Waals surface area (Å²) in [6.07, 6.45) is 2.34. The van der Waals surface area contributed by atoms with Gasteiger partial charge in [-0.1, -0.05) is 6.92 Å². The van der Waals surface area contributed by atoms with Crippen molar-refractivity contribution in [3.63, 3.8) is 0 Å². The fraction of sp³-hybridized carbons (Fsp3) is 0.455. The molecule has 5 heteroatoms. The molecule has 88 valence electrons. The number of nitrogens with one attached hydrogen (secondary N) is 1. The highest BCUT2D eigenvalue weighted by atomic mass is 16.2. The molecule has 0 aliphatic rings. The van der Waals surface area contributed by atoms with E-state index in [1.165, 1.54) is 10.6 Å². The molecule has 0 fully saturated rings. The van der Waals surface area contributed by atoms with Gasteiger partial charge < -0.3 is 15.6 Å². The lowest BCUT2D eigenvalue weighted by atomic mass is 10.2. The molecular weight excluding hydrogens is 206 g/mol. The molecule has 1 unspecified atom stereocenters. The highest BCUT2D eigenvalue weighted by molar-refractivity contribution is 5.94. The zero-order chi connectivity index (χ0) is 12.1. The molecule has 0 saturated carbocycles. The number of amides is 1. The average molecular weight is 223 g/mol. The van der Waals surface area contributed by atoms with Crippen molar-refractivity contribution in [1.29, 1.82) is 0 Å². The predicted octanol–water partition coefficient (Wildman–Crippen LogP) is -0.148. The summed E-state index contributed by atoms with van der Waals surface area (Å²) in [4.78, 5) is 23.0. The van der Waals surface area contributed by atoms with Crippen LogP contribution in [0.4, 0.5) is 0 Å². The molecule has 1 heterocycles. The van der Waals surface area contributed by atoms with E-state index < -0.39 is 0 Å². The summed E-state index contributed by atoms with van der Waals surface area (Å²) in [6.45, 7) is 2.34. The van der Waals surface area contributed by atoms with Gasteiger partial charge in [0.15, 0.2) is 0 Å². The van der Waals surface area contributed by atoms with Crippen molar-refractivity contribution in [1.82, 2.24) is 9.88 Å². The third-order valence-corrected chi connectivity index (χ3v) is 2.48. The first kappa shape index (κ1) is 12.4. The number of hydrogen-bond donors (Lipinski definition) is 2. The van der Waals surface area contributed by atoms with Gasteiger partial charge in [0.1, 0.15) is 0 Å². The standard InChI is InChI=1S/C11H17N3O2/c1-3-9(7-12)13-11(16)8-4-5-14(2)10(15)6-8/h4-6,9H,3,7,12H2,1-2H3,(H,13,16). The Morgan fingerprint density at radius 1 is 1.62 bits per heavy atom. The molecule has 0 bridgehead atoms. The lowest BCUT2D eigenvalue weighted by Gasteiger charge is -2.14. The number of pyridine rings is 1. The minimum atomic E-state index is -0.255. The van der Waals surface area contributed by atoms with E-state index in [0.29, 0.717) is 12.1 Å². The quantitative estimate of drug-likeness (QED) is 0.745. The number of aryl methyl sites for hydroxylation is 1. The van der Waals surface area contributed by atoms with Crippen LogP contribution in [0, 0.1) is 0 Å². The molecule has 0 aromatic carbocycles. The minimum Gasteiger partial charge on any atom is -0.348 e. The fourth-order valence-electron chi connectivity index (χ4n) is 1.29. The van der Waals surface area contributed by atoms with Crippen LogP contribution < -0.4 is 16.6 Å². The first-order valence-corrected chi connectivity index (χ1v) is 5.26. The first-order valence-electron chi connectivity index (χ1n) is 5.26. The maximum atomic E-state index is 11.7. The van der Waals surface area contributed by atoms with Gasteiger partial charge in [0.25, 0.3) is 11.5 Å². The van der Waals surface area contributed by atoms with Crippen molar-refractivity contribution in [2.45, 2.75) is 19.4 Å². The van der Waals surface area contributed by atoms with Crippen LogP contribution in [-0.4, -0.2) is 23.1 Å². The van der Waals surface area contributed by atoms with E-state index in [4.69, 9.17) is 5.73 Å². The average Bonchev–Trinajstić information content (AvgIpc) is 2.29. The van der Waals surface area contributed by atoms with Crippen molar-refractivity contribution in [3.8, 4) is 0 Å². The molecule has 1 aromatic heterocycles. The third-order valence-electron chi connectivity index (χ3n) is 2.48. The highest BCUT2D eigenvalue weighted by Crippen LogP contribution is 1.96. The molecule has 1 atom stereocenters. The maximum absolute atomic E-state index is 11.7. The number of aromatic nitrogens is 1. The summed E-state index contributed by atoms with van der Waals surface area (Å²) in [5.74, 6) is -0.255. The Bertz CT molecular complexity index is 421.